The third-order valence-corrected chi connectivity index (χ3v) is 10.1. The van der Waals surface area contributed by atoms with Crippen molar-refractivity contribution < 1.29 is 35.9 Å². The third-order valence-electron chi connectivity index (χ3n) is 7.80. The summed E-state index contributed by atoms with van der Waals surface area (Å²) in [5.41, 5.74) is -3.62. The number of carbonyl (C=O) groups is 2. The van der Waals surface area contributed by atoms with Gasteiger partial charge in [-0.2, -0.15) is 21.6 Å². The van der Waals surface area contributed by atoms with Crippen molar-refractivity contribution in [2.24, 2.45) is 11.8 Å². The summed E-state index contributed by atoms with van der Waals surface area (Å²) in [6, 6.07) is 7.75. The molecule has 1 fully saturated rings. The fraction of sp³-hybridized carbons (Fsp3) is 0.393. The van der Waals surface area contributed by atoms with Crippen LogP contribution in [0.3, 0.4) is 0 Å². The zero-order valence-corrected chi connectivity index (χ0v) is 23.6. The molecule has 0 N–H and O–H groups in total. The number of alkyl halides is 3. The molecule has 0 radical (unpaired) electrons. The maximum atomic E-state index is 14.1. The number of fused-ring (bicyclic) bond motifs is 2. The van der Waals surface area contributed by atoms with Crippen molar-refractivity contribution in [3.05, 3.63) is 58.5 Å². The van der Waals surface area contributed by atoms with Gasteiger partial charge in [-0.25, -0.2) is 8.96 Å². The summed E-state index contributed by atoms with van der Waals surface area (Å²) < 4.78 is 74.1. The molecule has 41 heavy (non-hydrogen) atoms. The van der Waals surface area contributed by atoms with Crippen LogP contribution in [0.1, 0.15) is 29.5 Å². The van der Waals surface area contributed by atoms with Crippen LogP contribution in [0.5, 0.6) is 5.75 Å². The van der Waals surface area contributed by atoms with Crippen LogP contribution in [-0.4, -0.2) is 59.0 Å². The van der Waals surface area contributed by atoms with E-state index in [0.29, 0.717) is 42.8 Å². The number of imidazole rings is 1. The van der Waals surface area contributed by atoms with Crippen LogP contribution >= 0.6 is 11.8 Å². The Morgan fingerprint density at radius 1 is 1.12 bits per heavy atom. The van der Waals surface area contributed by atoms with Crippen LogP contribution in [0, 0.1) is 11.8 Å². The summed E-state index contributed by atoms with van der Waals surface area (Å²) in [6.07, 6.45) is 4.47. The van der Waals surface area contributed by atoms with Crippen molar-refractivity contribution in [2.75, 3.05) is 20.2 Å². The molecule has 13 heteroatoms. The highest BCUT2D eigenvalue weighted by Gasteiger charge is 2.49. The molecule has 1 atom stereocenters. The van der Waals surface area contributed by atoms with Crippen LogP contribution in [0.15, 0.2) is 41.8 Å². The number of amides is 1. The number of allylic oxidation sites excluding steroid dienone is 1. The molecule has 1 amide bonds. The number of hydrogen-bond acceptors (Lipinski definition) is 7. The van der Waals surface area contributed by atoms with Crippen molar-refractivity contribution in [3.63, 3.8) is 0 Å². The number of rotatable bonds is 6. The van der Waals surface area contributed by atoms with Crippen LogP contribution in [-0.2, 0) is 38.9 Å². The van der Waals surface area contributed by atoms with Crippen LogP contribution < -0.4 is 4.74 Å². The van der Waals surface area contributed by atoms with Gasteiger partial charge in [-0.05, 0) is 78.5 Å². The van der Waals surface area contributed by atoms with Crippen molar-refractivity contribution in [2.45, 2.75) is 37.6 Å². The molecule has 3 heterocycles. The maximum absolute atomic E-state index is 14.1. The Balaban J connectivity index is 1.51. The monoisotopic (exact) mass is 605 g/mol. The van der Waals surface area contributed by atoms with E-state index in [1.54, 1.807) is 34.6 Å². The van der Waals surface area contributed by atoms with Gasteiger partial charge < -0.3 is 9.64 Å². The molecular formula is C28H26F3N3O5S2. The number of halogens is 3. The molecule has 0 bridgehead atoms. The van der Waals surface area contributed by atoms with E-state index in [1.807, 2.05) is 0 Å². The maximum Gasteiger partial charge on any atom is 0.517 e. The molecule has 6 rings (SSSR count). The third kappa shape index (κ3) is 5.03. The number of nitrogens with zero attached hydrogens (tertiary/aromatic N) is 3. The number of carbonyl (C=O) groups excluding carboxylic acids is 2. The first kappa shape index (κ1) is 27.8. The fourth-order valence-electron chi connectivity index (χ4n) is 5.43. The van der Waals surface area contributed by atoms with E-state index >= 15 is 0 Å². The Hall–Kier alpha value is -3.32. The molecule has 216 valence electrons. The predicted molar refractivity (Wildman–Crippen MR) is 148 cm³/mol. The van der Waals surface area contributed by atoms with Gasteiger partial charge in [-0.1, -0.05) is 23.9 Å². The average Bonchev–Trinajstić information content (AvgIpc) is 3.65. The minimum Gasteiger partial charge on any atom is -0.497 e. The number of hydrogen-bond donors (Lipinski definition) is 0. The highest BCUT2D eigenvalue weighted by atomic mass is 32.2. The van der Waals surface area contributed by atoms with Crippen LogP contribution in [0.25, 0.3) is 22.4 Å². The highest BCUT2D eigenvalue weighted by Crippen LogP contribution is 2.39. The normalized spacial score (nSPS) is 19.5. The van der Waals surface area contributed by atoms with E-state index in [9.17, 15) is 31.2 Å². The van der Waals surface area contributed by atoms with Gasteiger partial charge in [0.1, 0.15) is 5.75 Å². The summed E-state index contributed by atoms with van der Waals surface area (Å²) >= 11 is 1.04. The van der Waals surface area contributed by atoms with E-state index in [2.05, 4.69) is 4.98 Å². The zero-order valence-electron chi connectivity index (χ0n) is 22.0. The average molecular weight is 606 g/mol. The van der Waals surface area contributed by atoms with Crippen molar-refractivity contribution >= 4 is 43.8 Å². The molecular weight excluding hydrogens is 579 g/mol. The Morgan fingerprint density at radius 2 is 1.83 bits per heavy atom. The second-order valence-corrected chi connectivity index (χ2v) is 13.1. The molecule has 3 aromatic rings. The topological polar surface area (TPSA) is 98.6 Å². The standard InChI is InChI=1S/C28H26F3N3O5S2/c1-39-21-5-4-19(12-20-8-11-40-27(20)36)22(15-21)25-32-23-13-17-6-9-33(26(35)16-2-3-16)10-7-18(17)14-24(23)34(25)41(37,38)28(29,30)31/h4-5,8,11,13-16,20H,2-3,6-7,9-10,12H2,1H3. The molecule has 2 aliphatic heterocycles. The van der Waals surface area contributed by atoms with Crippen LogP contribution in [0.2, 0.25) is 0 Å². The summed E-state index contributed by atoms with van der Waals surface area (Å²) in [4.78, 5) is 31.2. The van der Waals surface area contributed by atoms with Gasteiger partial charge in [0.2, 0.25) is 5.91 Å². The lowest BCUT2D eigenvalue weighted by Gasteiger charge is -2.19. The van der Waals surface area contributed by atoms with Crippen molar-refractivity contribution in [1.82, 2.24) is 13.9 Å². The lowest BCUT2D eigenvalue weighted by Crippen LogP contribution is -2.34. The smallest absolute Gasteiger partial charge is 0.497 e. The summed E-state index contributed by atoms with van der Waals surface area (Å²) in [7, 11) is -4.52. The SMILES string of the molecule is COc1ccc(CC2C=CSC2=O)c(-c2nc3cc4c(cc3n2S(=O)(=O)C(F)(F)F)CCN(C(=O)C2CC2)CC4)c1. The lowest BCUT2D eigenvalue weighted by molar-refractivity contribution is -0.132. The highest BCUT2D eigenvalue weighted by molar-refractivity contribution is 8.16. The zero-order chi connectivity index (χ0) is 29.1. The summed E-state index contributed by atoms with van der Waals surface area (Å²) in [6.45, 7) is 0.880. The molecule has 1 saturated carbocycles. The van der Waals surface area contributed by atoms with Gasteiger partial charge in [0.15, 0.2) is 10.9 Å². The Morgan fingerprint density at radius 3 is 2.44 bits per heavy atom. The lowest BCUT2D eigenvalue weighted by atomic mass is 9.96. The molecule has 3 aliphatic rings. The molecule has 1 aromatic heterocycles. The second kappa shape index (κ2) is 10.2. The number of aromatic nitrogens is 2. The van der Waals surface area contributed by atoms with Gasteiger partial charge >= 0.3 is 15.5 Å². The first-order valence-electron chi connectivity index (χ1n) is 13.2. The number of benzene rings is 2. The number of methoxy groups -OCH3 is 1. The molecule has 2 aromatic carbocycles. The van der Waals surface area contributed by atoms with E-state index in [4.69, 9.17) is 4.74 Å². The fourth-order valence-corrected chi connectivity index (χ4v) is 7.14. The van der Waals surface area contributed by atoms with E-state index in [-0.39, 0.29) is 43.9 Å². The van der Waals surface area contributed by atoms with E-state index < -0.39 is 27.3 Å². The van der Waals surface area contributed by atoms with Gasteiger partial charge in [0, 0.05) is 24.6 Å². The molecule has 0 saturated heterocycles. The van der Waals surface area contributed by atoms with Crippen molar-refractivity contribution in [1.29, 1.82) is 0 Å². The minimum absolute atomic E-state index is 0.0477. The molecule has 1 unspecified atom stereocenters. The van der Waals surface area contributed by atoms with Crippen LogP contribution in [0.4, 0.5) is 13.2 Å². The van der Waals surface area contributed by atoms with Gasteiger partial charge in [0.05, 0.1) is 24.1 Å². The van der Waals surface area contributed by atoms with Gasteiger partial charge in [0.25, 0.3) is 0 Å². The Bertz CT molecular complexity index is 1710. The molecule has 1 aliphatic carbocycles. The van der Waals surface area contributed by atoms with Gasteiger partial charge in [-0.3, -0.25) is 9.59 Å². The first-order valence-corrected chi connectivity index (χ1v) is 15.5. The quantitative estimate of drug-likeness (QED) is 0.402. The first-order chi connectivity index (χ1) is 19.5. The van der Waals surface area contributed by atoms with E-state index in [0.717, 1.165) is 30.2 Å². The number of thioether (sulfide) groups is 1. The summed E-state index contributed by atoms with van der Waals surface area (Å²) in [5.74, 6) is -0.482. The summed E-state index contributed by atoms with van der Waals surface area (Å²) in [5, 5.41) is 1.55. The minimum atomic E-state index is -5.91. The predicted octanol–water partition coefficient (Wildman–Crippen LogP) is 4.69. The molecule has 0 spiro atoms. The van der Waals surface area contributed by atoms with Gasteiger partial charge in [-0.15, -0.1) is 0 Å². The second-order valence-electron chi connectivity index (χ2n) is 10.5. The Kier molecular flexibility index (Phi) is 6.92. The number of ether oxygens (including phenoxy) is 1. The molecule has 8 nitrogen and oxygen atoms in total. The van der Waals surface area contributed by atoms with Crippen molar-refractivity contribution in [3.8, 4) is 17.1 Å². The van der Waals surface area contributed by atoms with E-state index in [1.165, 1.54) is 19.2 Å². The largest absolute Gasteiger partial charge is 0.517 e. The Labute approximate surface area is 238 Å².